The highest BCUT2D eigenvalue weighted by atomic mass is 16.7. The molecule has 0 bridgehead atoms. The van der Waals surface area contributed by atoms with Crippen molar-refractivity contribution in [3.05, 3.63) is 35.9 Å². The second kappa shape index (κ2) is 7.64. The first-order valence-corrected chi connectivity index (χ1v) is 9.12. The second-order valence-electron chi connectivity index (χ2n) is 7.74. The number of likely N-dealkylation sites (N-methyl/N-ethyl adjacent to an activating group) is 1. The van der Waals surface area contributed by atoms with Gasteiger partial charge in [-0.05, 0) is 19.4 Å². The molecule has 5 atom stereocenters. The van der Waals surface area contributed by atoms with Crippen LogP contribution in [0.5, 0.6) is 0 Å². The maximum absolute atomic E-state index is 12.2. The third-order valence-electron chi connectivity index (χ3n) is 4.93. The quantitative estimate of drug-likeness (QED) is 0.695. The van der Waals surface area contributed by atoms with Crippen molar-refractivity contribution in [2.75, 3.05) is 20.7 Å². The summed E-state index contributed by atoms with van der Waals surface area (Å²) in [5.41, 5.74) is 1.10. The molecule has 1 amide bonds. The molecule has 1 aromatic carbocycles. The van der Waals surface area contributed by atoms with Crippen molar-refractivity contribution in [3.63, 3.8) is 0 Å². The molecule has 3 rings (SSSR count). The van der Waals surface area contributed by atoms with Gasteiger partial charge in [-0.15, -0.1) is 0 Å². The normalized spacial score (nSPS) is 29.2. The van der Waals surface area contributed by atoms with E-state index in [2.05, 4.69) is 6.92 Å². The van der Waals surface area contributed by atoms with Crippen LogP contribution in [0.4, 0.5) is 0 Å². The van der Waals surface area contributed by atoms with Gasteiger partial charge in [0.15, 0.2) is 11.9 Å². The van der Waals surface area contributed by atoms with Gasteiger partial charge in [0.1, 0.15) is 6.10 Å². The molecule has 2 fully saturated rings. The topological polar surface area (TPSA) is 60.5 Å². The molecule has 6 heteroatoms. The van der Waals surface area contributed by atoms with Gasteiger partial charge >= 0.3 is 0 Å². The van der Waals surface area contributed by atoms with Gasteiger partial charge in [0.25, 0.3) is 5.91 Å². The smallest absolute Gasteiger partial charge is 0.253 e. The fraction of sp³-hybridized carbons (Fsp3) is 0.650. The number of nitrogens with zero attached hydrogens (tertiary/aromatic N) is 1. The highest BCUT2D eigenvalue weighted by Gasteiger charge is 2.53. The summed E-state index contributed by atoms with van der Waals surface area (Å²) in [7, 11) is 3.48. The summed E-state index contributed by atoms with van der Waals surface area (Å²) in [4.78, 5) is 13.7. The maximum Gasteiger partial charge on any atom is 0.253 e. The Kier molecular flexibility index (Phi) is 5.67. The average Bonchev–Trinajstić information content (AvgIpc) is 3.32. The highest BCUT2D eigenvalue weighted by Crippen LogP contribution is 2.37. The lowest BCUT2D eigenvalue weighted by atomic mass is 9.94. The van der Waals surface area contributed by atoms with Crippen LogP contribution < -0.4 is 0 Å². The molecule has 6 nitrogen and oxygen atoms in total. The minimum Gasteiger partial charge on any atom is -0.370 e. The van der Waals surface area contributed by atoms with Crippen molar-refractivity contribution in [2.24, 2.45) is 5.92 Å². The zero-order chi connectivity index (χ0) is 18.9. The predicted molar refractivity (Wildman–Crippen MR) is 96.4 cm³/mol. The van der Waals surface area contributed by atoms with E-state index in [1.165, 1.54) is 0 Å². The summed E-state index contributed by atoms with van der Waals surface area (Å²) in [6.07, 6.45) is -0.957. The fourth-order valence-corrected chi connectivity index (χ4v) is 3.41. The molecule has 0 spiro atoms. The van der Waals surface area contributed by atoms with E-state index in [-0.39, 0.29) is 30.1 Å². The highest BCUT2D eigenvalue weighted by molar-refractivity contribution is 5.83. The molecule has 0 unspecified atom stereocenters. The third kappa shape index (κ3) is 4.43. The molecule has 1 aromatic rings. The lowest BCUT2D eigenvalue weighted by molar-refractivity contribution is -0.164. The van der Waals surface area contributed by atoms with E-state index in [1.807, 2.05) is 44.2 Å². The Labute approximate surface area is 155 Å². The van der Waals surface area contributed by atoms with Crippen LogP contribution in [0, 0.1) is 5.92 Å². The lowest BCUT2D eigenvalue weighted by Gasteiger charge is -2.29. The van der Waals surface area contributed by atoms with Crippen LogP contribution in [-0.2, 0) is 30.3 Å². The number of rotatable bonds is 7. The van der Waals surface area contributed by atoms with Crippen molar-refractivity contribution in [1.29, 1.82) is 0 Å². The first kappa shape index (κ1) is 19.3. The van der Waals surface area contributed by atoms with Crippen molar-refractivity contribution in [2.45, 2.75) is 57.6 Å². The molecular formula is C20H29NO5. The van der Waals surface area contributed by atoms with Crippen molar-refractivity contribution in [3.8, 4) is 0 Å². The summed E-state index contributed by atoms with van der Waals surface area (Å²) in [6.45, 7) is 6.80. The summed E-state index contributed by atoms with van der Waals surface area (Å²) in [5.74, 6) is -0.621. The number of benzene rings is 1. The third-order valence-corrected chi connectivity index (χ3v) is 4.93. The molecule has 0 saturated carbocycles. The molecule has 0 aromatic heterocycles. The van der Waals surface area contributed by atoms with Crippen LogP contribution in [0.1, 0.15) is 26.3 Å². The van der Waals surface area contributed by atoms with Gasteiger partial charge < -0.3 is 23.8 Å². The Bertz CT molecular complexity index is 618. The Morgan fingerprint density at radius 3 is 2.58 bits per heavy atom. The van der Waals surface area contributed by atoms with Crippen LogP contribution in [0.2, 0.25) is 0 Å². The van der Waals surface area contributed by atoms with E-state index in [9.17, 15) is 4.79 Å². The van der Waals surface area contributed by atoms with E-state index in [0.29, 0.717) is 13.2 Å². The Hall–Kier alpha value is -1.47. The summed E-state index contributed by atoms with van der Waals surface area (Å²) >= 11 is 0. The first-order chi connectivity index (χ1) is 12.3. The molecule has 0 aliphatic carbocycles. The average molecular weight is 363 g/mol. The largest absolute Gasteiger partial charge is 0.370 e. The molecule has 0 radical (unpaired) electrons. The molecule has 2 heterocycles. The first-order valence-electron chi connectivity index (χ1n) is 9.12. The van der Waals surface area contributed by atoms with Gasteiger partial charge in [-0.1, -0.05) is 37.3 Å². The van der Waals surface area contributed by atoms with Gasteiger partial charge in [0.05, 0.1) is 25.4 Å². The van der Waals surface area contributed by atoms with Gasteiger partial charge in [0.2, 0.25) is 0 Å². The molecule has 0 N–H and O–H groups in total. The summed E-state index contributed by atoms with van der Waals surface area (Å²) in [6, 6.07) is 10.0. The number of carbonyl (C=O) groups excluding carboxylic acids is 1. The molecule has 2 saturated heterocycles. The number of epoxide rings is 1. The van der Waals surface area contributed by atoms with Gasteiger partial charge in [0, 0.05) is 20.0 Å². The van der Waals surface area contributed by atoms with E-state index >= 15 is 0 Å². The zero-order valence-electron chi connectivity index (χ0n) is 16.2. The number of carbonyl (C=O) groups is 1. The minimum absolute atomic E-state index is 0.00687. The van der Waals surface area contributed by atoms with Crippen LogP contribution in [0.15, 0.2) is 30.3 Å². The maximum atomic E-state index is 12.2. The molecular weight excluding hydrogens is 334 g/mol. The number of hydrogen-bond acceptors (Lipinski definition) is 5. The summed E-state index contributed by atoms with van der Waals surface area (Å²) < 4.78 is 23.7. The number of ether oxygens (including phenoxy) is 4. The Morgan fingerprint density at radius 2 is 2.00 bits per heavy atom. The number of amides is 1. The van der Waals surface area contributed by atoms with E-state index in [4.69, 9.17) is 18.9 Å². The molecule has 2 aliphatic rings. The fourth-order valence-electron chi connectivity index (χ4n) is 3.41. The van der Waals surface area contributed by atoms with Crippen LogP contribution in [0.25, 0.3) is 0 Å². The number of hydrogen-bond donors (Lipinski definition) is 0. The zero-order valence-corrected chi connectivity index (χ0v) is 16.2. The SMILES string of the molecule is C[C@H]([C@H]1O[C@@H]1C(=O)N(C)C)[C@H](OCc1ccccc1)[C@H]1COC(C)(C)O1. The van der Waals surface area contributed by atoms with E-state index < -0.39 is 11.9 Å². The Morgan fingerprint density at radius 1 is 1.31 bits per heavy atom. The minimum atomic E-state index is -0.623. The lowest BCUT2D eigenvalue weighted by Crippen LogP contribution is -2.41. The molecule has 144 valence electrons. The van der Waals surface area contributed by atoms with Crippen LogP contribution in [-0.4, -0.2) is 61.7 Å². The van der Waals surface area contributed by atoms with Crippen molar-refractivity contribution >= 4 is 5.91 Å². The van der Waals surface area contributed by atoms with Crippen molar-refractivity contribution < 1.29 is 23.7 Å². The van der Waals surface area contributed by atoms with E-state index in [1.54, 1.807) is 19.0 Å². The van der Waals surface area contributed by atoms with Crippen LogP contribution >= 0.6 is 0 Å². The standard InChI is InChI=1S/C20H29NO5/c1-13(17-18(25-17)19(22)21(4)5)16(15-12-24-20(2,3)26-15)23-11-14-9-7-6-8-10-14/h6-10,13,15-18H,11-12H2,1-5H3/t13-,15+,16-,17+,18-/m0/s1. The summed E-state index contributed by atoms with van der Waals surface area (Å²) in [5, 5.41) is 0. The van der Waals surface area contributed by atoms with Crippen molar-refractivity contribution in [1.82, 2.24) is 4.90 Å². The van der Waals surface area contributed by atoms with Gasteiger partial charge in [-0.2, -0.15) is 0 Å². The van der Waals surface area contributed by atoms with E-state index in [0.717, 1.165) is 5.56 Å². The second-order valence-corrected chi connectivity index (χ2v) is 7.74. The monoisotopic (exact) mass is 363 g/mol. The van der Waals surface area contributed by atoms with Gasteiger partial charge in [-0.3, -0.25) is 4.79 Å². The molecule has 2 aliphatic heterocycles. The Balaban J connectivity index is 1.68. The van der Waals surface area contributed by atoms with Gasteiger partial charge in [-0.25, -0.2) is 0 Å². The predicted octanol–water partition coefficient (Wildman–Crippen LogP) is 2.21. The molecule has 26 heavy (non-hydrogen) atoms. The van der Waals surface area contributed by atoms with Crippen LogP contribution in [0.3, 0.4) is 0 Å².